The van der Waals surface area contributed by atoms with Crippen LogP contribution in [0.3, 0.4) is 0 Å². The second-order valence-corrected chi connectivity index (χ2v) is 7.52. The third-order valence-corrected chi connectivity index (χ3v) is 5.22. The fraction of sp³-hybridized carbons (Fsp3) is 0. The molecule has 0 amide bonds. The Morgan fingerprint density at radius 3 is 2.61 bits per heavy atom. The first-order valence-corrected chi connectivity index (χ1v) is 9.35. The molecule has 0 aliphatic rings. The van der Waals surface area contributed by atoms with Gasteiger partial charge in [0.2, 0.25) is 5.95 Å². The number of rotatable bonds is 4. The van der Waals surface area contributed by atoms with Gasteiger partial charge in [-0.1, -0.05) is 0 Å². The van der Waals surface area contributed by atoms with Crippen molar-refractivity contribution >= 4 is 27.3 Å². The van der Waals surface area contributed by atoms with Gasteiger partial charge in [-0.05, 0) is 30.3 Å². The average Bonchev–Trinajstić information content (AvgIpc) is 3.04. The van der Waals surface area contributed by atoms with E-state index in [2.05, 4.69) is 19.8 Å². The average molecular weight is 402 g/mol. The number of nitrogens with two attached hydrogens (primary N) is 1. The predicted octanol–water partition coefficient (Wildman–Crippen LogP) is 2.45. The largest absolute Gasteiger partial charge is 0.366 e. The van der Waals surface area contributed by atoms with E-state index in [0.29, 0.717) is 16.8 Å². The van der Waals surface area contributed by atoms with E-state index in [0.717, 1.165) is 24.4 Å². The summed E-state index contributed by atoms with van der Waals surface area (Å²) < 4.78 is 55.2. The summed E-state index contributed by atoms with van der Waals surface area (Å²) in [5.41, 5.74) is 7.13. The second-order valence-electron chi connectivity index (χ2n) is 5.83. The molecule has 11 heteroatoms. The lowest BCUT2D eigenvalue weighted by Gasteiger charge is -2.09. The minimum Gasteiger partial charge on any atom is -0.366 e. The van der Waals surface area contributed by atoms with Gasteiger partial charge in [-0.25, -0.2) is 21.7 Å². The maximum absolute atomic E-state index is 13.3. The van der Waals surface area contributed by atoms with Crippen molar-refractivity contribution in [2.24, 2.45) is 0 Å². The van der Waals surface area contributed by atoms with Crippen molar-refractivity contribution in [1.82, 2.24) is 19.6 Å². The van der Waals surface area contributed by atoms with Crippen LogP contribution < -0.4 is 10.5 Å². The van der Waals surface area contributed by atoms with Crippen molar-refractivity contribution in [2.75, 3.05) is 10.5 Å². The number of sulfonamides is 1. The molecule has 0 radical (unpaired) electrons. The molecule has 0 fully saturated rings. The molecule has 0 unspecified atom stereocenters. The summed E-state index contributed by atoms with van der Waals surface area (Å²) in [6.45, 7) is 0. The lowest BCUT2D eigenvalue weighted by molar-refractivity contribution is 0.509. The lowest BCUT2D eigenvalue weighted by Crippen LogP contribution is -2.13. The minimum atomic E-state index is -4.07. The van der Waals surface area contributed by atoms with Gasteiger partial charge in [-0.2, -0.15) is 4.98 Å². The molecule has 4 aromatic rings. The molecule has 0 aliphatic carbocycles. The van der Waals surface area contributed by atoms with Crippen LogP contribution in [0.15, 0.2) is 59.9 Å². The van der Waals surface area contributed by atoms with Gasteiger partial charge in [0, 0.05) is 35.8 Å². The normalized spacial score (nSPS) is 11.6. The predicted molar refractivity (Wildman–Crippen MR) is 97.8 cm³/mol. The summed E-state index contributed by atoms with van der Waals surface area (Å²) in [6, 6.07) is 7.51. The first-order valence-electron chi connectivity index (χ1n) is 7.87. The Morgan fingerprint density at radius 1 is 1.00 bits per heavy atom. The third kappa shape index (κ3) is 3.34. The molecule has 0 atom stereocenters. The summed E-state index contributed by atoms with van der Waals surface area (Å²) in [6.07, 6.45) is 4.27. The highest BCUT2D eigenvalue weighted by molar-refractivity contribution is 7.92. The molecular formula is C17H12F2N6O2S. The molecule has 8 nitrogen and oxygen atoms in total. The van der Waals surface area contributed by atoms with Crippen LogP contribution in [0.1, 0.15) is 0 Å². The van der Waals surface area contributed by atoms with Gasteiger partial charge in [0.05, 0.1) is 5.69 Å². The van der Waals surface area contributed by atoms with E-state index >= 15 is 0 Å². The molecule has 1 aromatic carbocycles. The summed E-state index contributed by atoms with van der Waals surface area (Å²) in [7, 11) is -4.07. The number of fused-ring (bicyclic) bond motifs is 1. The van der Waals surface area contributed by atoms with Crippen LogP contribution in [0.5, 0.6) is 0 Å². The molecule has 3 heterocycles. The zero-order valence-corrected chi connectivity index (χ0v) is 14.9. The zero-order chi connectivity index (χ0) is 19.9. The molecule has 142 valence electrons. The van der Waals surface area contributed by atoms with Crippen molar-refractivity contribution in [3.05, 3.63) is 66.6 Å². The van der Waals surface area contributed by atoms with Crippen molar-refractivity contribution in [3.63, 3.8) is 0 Å². The van der Waals surface area contributed by atoms with E-state index in [4.69, 9.17) is 5.73 Å². The van der Waals surface area contributed by atoms with E-state index in [9.17, 15) is 17.2 Å². The fourth-order valence-corrected chi connectivity index (χ4v) is 3.61. The minimum absolute atomic E-state index is 0.108. The molecule has 0 aliphatic heterocycles. The van der Waals surface area contributed by atoms with Crippen LogP contribution in [0, 0.1) is 11.6 Å². The van der Waals surface area contributed by atoms with Gasteiger partial charge in [0.25, 0.3) is 10.0 Å². The molecular weight excluding hydrogens is 390 g/mol. The van der Waals surface area contributed by atoms with Crippen LogP contribution in [0.2, 0.25) is 0 Å². The Morgan fingerprint density at radius 2 is 1.82 bits per heavy atom. The number of nitrogen functional groups attached to an aromatic ring is 1. The summed E-state index contributed by atoms with van der Waals surface area (Å²) in [5, 5.41) is 4.01. The maximum atomic E-state index is 13.3. The van der Waals surface area contributed by atoms with Gasteiger partial charge in [-0.15, -0.1) is 5.10 Å². The number of halogens is 2. The van der Waals surface area contributed by atoms with E-state index in [-0.39, 0.29) is 16.5 Å². The van der Waals surface area contributed by atoms with Crippen LogP contribution >= 0.6 is 0 Å². The number of aromatic nitrogens is 4. The van der Waals surface area contributed by atoms with Crippen LogP contribution in [0.4, 0.5) is 20.4 Å². The Hall–Kier alpha value is -3.60. The molecule has 0 saturated carbocycles. The van der Waals surface area contributed by atoms with Gasteiger partial charge in [-0.3, -0.25) is 9.71 Å². The quantitative estimate of drug-likeness (QED) is 0.542. The molecule has 4 rings (SSSR count). The number of pyridine rings is 2. The summed E-state index contributed by atoms with van der Waals surface area (Å²) in [4.78, 5) is 7.83. The van der Waals surface area contributed by atoms with Crippen molar-refractivity contribution in [2.45, 2.75) is 4.90 Å². The van der Waals surface area contributed by atoms with E-state index < -0.39 is 21.7 Å². The number of nitrogens with one attached hydrogen (secondary N) is 1. The number of benzene rings is 1. The third-order valence-electron chi connectivity index (χ3n) is 3.88. The summed E-state index contributed by atoms with van der Waals surface area (Å²) in [5.74, 6) is -2.12. The number of hydrogen-bond acceptors (Lipinski definition) is 6. The molecule has 3 N–H and O–H groups in total. The molecule has 0 saturated heterocycles. The topological polar surface area (TPSA) is 115 Å². The Balaban J connectivity index is 1.69. The highest BCUT2D eigenvalue weighted by Crippen LogP contribution is 2.24. The molecule has 3 aromatic heterocycles. The first kappa shape index (κ1) is 17.8. The SMILES string of the molecule is Nc1nc2ccc(-c3cncc(S(=O)(=O)Nc4ccc(F)c(F)c4)c3)cn2n1. The second kappa shape index (κ2) is 6.53. The molecule has 0 bridgehead atoms. The van der Waals surface area contributed by atoms with Gasteiger partial charge >= 0.3 is 0 Å². The monoisotopic (exact) mass is 402 g/mol. The Bertz CT molecular complexity index is 1310. The van der Waals surface area contributed by atoms with Crippen LogP contribution in [0.25, 0.3) is 16.8 Å². The Kier molecular flexibility index (Phi) is 4.15. The number of nitrogens with zero attached hydrogens (tertiary/aromatic N) is 4. The first-order chi connectivity index (χ1) is 13.3. The van der Waals surface area contributed by atoms with E-state index in [1.54, 1.807) is 18.3 Å². The van der Waals surface area contributed by atoms with Gasteiger partial charge in [0.15, 0.2) is 17.3 Å². The Labute approximate surface area is 157 Å². The molecule has 0 spiro atoms. The van der Waals surface area contributed by atoms with E-state index in [1.807, 2.05) is 0 Å². The molecule has 28 heavy (non-hydrogen) atoms. The maximum Gasteiger partial charge on any atom is 0.263 e. The standard InChI is InChI=1S/C17H12F2N6O2S/c18-14-3-2-12(6-15(14)19)24-28(26,27)13-5-11(7-21-8-13)10-1-4-16-22-17(20)23-25(16)9-10/h1-9,24H,(H2,20,23). The van der Waals surface area contributed by atoms with Crippen molar-refractivity contribution < 1.29 is 17.2 Å². The zero-order valence-electron chi connectivity index (χ0n) is 14.0. The van der Waals surface area contributed by atoms with E-state index in [1.165, 1.54) is 16.8 Å². The number of anilines is 2. The van der Waals surface area contributed by atoms with Crippen molar-refractivity contribution in [1.29, 1.82) is 0 Å². The van der Waals surface area contributed by atoms with Gasteiger partial charge in [0.1, 0.15) is 4.90 Å². The number of hydrogen-bond donors (Lipinski definition) is 2. The van der Waals surface area contributed by atoms with Crippen LogP contribution in [-0.4, -0.2) is 28.0 Å². The summed E-state index contributed by atoms with van der Waals surface area (Å²) >= 11 is 0. The lowest BCUT2D eigenvalue weighted by atomic mass is 10.1. The smallest absolute Gasteiger partial charge is 0.263 e. The highest BCUT2D eigenvalue weighted by atomic mass is 32.2. The highest BCUT2D eigenvalue weighted by Gasteiger charge is 2.17. The van der Waals surface area contributed by atoms with Crippen molar-refractivity contribution in [3.8, 4) is 11.1 Å². The fourth-order valence-electron chi connectivity index (χ4n) is 2.57. The van der Waals surface area contributed by atoms with Crippen LogP contribution in [-0.2, 0) is 10.0 Å². The van der Waals surface area contributed by atoms with Gasteiger partial charge < -0.3 is 5.73 Å².